The number of carbonyl (C=O) groups excluding carboxylic acids is 11. The second-order valence-electron chi connectivity index (χ2n) is 19.0. The van der Waals surface area contributed by atoms with E-state index in [0.717, 1.165) is 67.7 Å². The molecule has 2 saturated heterocycles. The molecular weight excluding hydrogens is 1130 g/mol. The zero-order chi connectivity index (χ0) is 62.1. The summed E-state index contributed by atoms with van der Waals surface area (Å²) in [5, 5.41) is 14.0. The number of hydrogen-bond acceptors (Lipinski definition) is 22. The van der Waals surface area contributed by atoms with Gasteiger partial charge in [0, 0.05) is 61.1 Å². The number of halogens is 3. The Hall–Kier alpha value is -6.09. The molecule has 0 aromatic heterocycles. The first-order chi connectivity index (χ1) is 38.2. The summed E-state index contributed by atoms with van der Waals surface area (Å²) in [6.07, 6.45) is -18.4. The minimum Gasteiger partial charge on any atom is -0.464 e. The van der Waals surface area contributed by atoms with Crippen LogP contribution in [0.15, 0.2) is 0 Å². The van der Waals surface area contributed by atoms with Crippen LogP contribution in [0, 0.1) is 0 Å². The molecule has 0 aromatic carbocycles. The number of alkyl halides is 3. The SMILES string of the molecule is CCCCCCOC(=O)[C@H](CCCCNC(=O)C(F)(F)F)NC(=O)CCCNC(=O)[C@H](C)NC(=O)[C@@H](C)O[C@H]1C(O[C@@H]2O[C@H](COC(C)=O)[C@@H](OC(C)=O)[C@H](OC(C)=O)[C@H]2NC(C)=O)[C@@H](COC(C)=O)O[C@H](OP(=O)(O)O)[C@@H]1NC(C)=O. The van der Waals surface area contributed by atoms with E-state index in [1.165, 1.54) is 6.92 Å². The van der Waals surface area contributed by atoms with Gasteiger partial charge in [-0.05, 0) is 46.0 Å². The zero-order valence-corrected chi connectivity index (χ0v) is 47.8. The molecule has 6 amide bonds. The van der Waals surface area contributed by atoms with Crippen molar-refractivity contribution in [3.05, 3.63) is 0 Å². The number of unbranched alkanes of at least 4 members (excludes halogenated alkanes) is 4. The minimum atomic E-state index is -5.57. The van der Waals surface area contributed by atoms with E-state index in [1.807, 2.05) is 6.92 Å². The summed E-state index contributed by atoms with van der Waals surface area (Å²) in [4.78, 5) is 159. The average Bonchev–Trinajstić information content (AvgIpc) is 3.45. The molecule has 2 aliphatic rings. The third kappa shape index (κ3) is 26.9. The van der Waals surface area contributed by atoms with Gasteiger partial charge in [-0.25, -0.2) is 9.36 Å². The van der Waals surface area contributed by atoms with E-state index in [9.17, 15) is 80.3 Å². The minimum absolute atomic E-state index is 0.00786. The Kier molecular flexibility index (Phi) is 30.9. The van der Waals surface area contributed by atoms with Gasteiger partial charge < -0.3 is 84.3 Å². The van der Waals surface area contributed by atoms with Crippen LogP contribution in [0.1, 0.15) is 120 Å². The lowest BCUT2D eigenvalue weighted by molar-refractivity contribution is -0.332. The monoisotopic (exact) mass is 1210 g/mol. The Morgan fingerprint density at radius 2 is 1.17 bits per heavy atom. The number of phosphoric ester groups is 1. The van der Waals surface area contributed by atoms with Crippen molar-refractivity contribution in [1.29, 1.82) is 0 Å². The lowest BCUT2D eigenvalue weighted by Gasteiger charge is -2.50. The summed E-state index contributed by atoms with van der Waals surface area (Å²) < 4.78 is 106. The summed E-state index contributed by atoms with van der Waals surface area (Å²) in [5.41, 5.74) is 0. The zero-order valence-electron chi connectivity index (χ0n) is 46.9. The first-order valence-corrected chi connectivity index (χ1v) is 27.7. The van der Waals surface area contributed by atoms with E-state index in [0.29, 0.717) is 6.42 Å². The standard InChI is InChI=1S/C48H76F3N6O24P/c1-10-11-12-15-21-72-44(67)32(17-13-14-19-53-47(68)48(49,50)51)57-35(64)18-16-20-52-42(65)24(2)54-43(66)25(3)75-40-37(56-27(5)59)46(81-82(69,70)71)79-34(23-74-29(7)61)39(40)80-45-36(55-26(4)58)41(77-31(9)63)38(76-30(8)62)33(78-45)22-73-28(6)60/h24-25,32-34,36-41,45-46H,10-23H2,1-9H3,(H,52,65)(H,53,68)(H,54,66)(H,55,58)(H,56,59)(H,57,64)(H2,69,70,71)/t24-,25+,32-,33+,34+,36+,37+,38+,39?,40+,41+,45-,46+/m0/s1. The molecule has 82 heavy (non-hydrogen) atoms. The molecule has 2 heterocycles. The molecule has 8 N–H and O–H groups in total. The lowest BCUT2D eigenvalue weighted by atomic mass is 9.93. The molecule has 13 atom stereocenters. The maximum absolute atomic E-state index is 13.9. The van der Waals surface area contributed by atoms with Crippen molar-refractivity contribution in [2.45, 2.75) is 206 Å². The number of phosphoric acid groups is 1. The predicted molar refractivity (Wildman–Crippen MR) is 269 cm³/mol. The number of carbonyl (C=O) groups is 11. The Labute approximate surface area is 470 Å². The van der Waals surface area contributed by atoms with E-state index in [-0.39, 0.29) is 51.8 Å². The summed E-state index contributed by atoms with van der Waals surface area (Å²) in [6, 6.07) is -6.09. The molecular formula is C48H76F3N6O24P. The highest BCUT2D eigenvalue weighted by atomic mass is 31.2. The summed E-state index contributed by atoms with van der Waals surface area (Å²) >= 11 is 0. The van der Waals surface area contributed by atoms with Crippen LogP contribution in [0.5, 0.6) is 0 Å². The molecule has 2 aliphatic heterocycles. The highest BCUT2D eigenvalue weighted by molar-refractivity contribution is 7.46. The van der Waals surface area contributed by atoms with E-state index < -0.39 is 172 Å². The third-order valence-electron chi connectivity index (χ3n) is 11.8. The Morgan fingerprint density at radius 1 is 0.622 bits per heavy atom. The first-order valence-electron chi connectivity index (χ1n) is 26.1. The molecule has 30 nitrogen and oxygen atoms in total. The quantitative estimate of drug-likeness (QED) is 0.0179. The number of esters is 5. The van der Waals surface area contributed by atoms with Crippen LogP contribution in [-0.2, 0) is 104 Å². The van der Waals surface area contributed by atoms with Gasteiger partial charge in [0.05, 0.1) is 6.61 Å². The highest BCUT2D eigenvalue weighted by Crippen LogP contribution is 2.42. The third-order valence-corrected chi connectivity index (χ3v) is 12.2. The van der Waals surface area contributed by atoms with Crippen molar-refractivity contribution >= 4 is 73.1 Å². The van der Waals surface area contributed by atoms with Crippen LogP contribution in [0.4, 0.5) is 13.2 Å². The molecule has 2 fully saturated rings. The number of amides is 6. The molecule has 34 heteroatoms. The van der Waals surface area contributed by atoms with Crippen molar-refractivity contribution in [2.24, 2.45) is 0 Å². The van der Waals surface area contributed by atoms with Crippen LogP contribution in [0.25, 0.3) is 0 Å². The Morgan fingerprint density at radius 3 is 1.71 bits per heavy atom. The van der Waals surface area contributed by atoms with E-state index in [1.54, 1.807) is 5.32 Å². The smallest absolute Gasteiger partial charge is 0.464 e. The molecule has 0 bridgehead atoms. The number of ether oxygens (including phenoxy) is 9. The van der Waals surface area contributed by atoms with Crippen LogP contribution < -0.4 is 31.9 Å². The molecule has 0 aliphatic carbocycles. The molecule has 0 saturated carbocycles. The van der Waals surface area contributed by atoms with Gasteiger partial charge in [-0.15, -0.1) is 0 Å². The largest absolute Gasteiger partial charge is 0.472 e. The predicted octanol–water partition coefficient (Wildman–Crippen LogP) is -0.438. The van der Waals surface area contributed by atoms with Crippen molar-refractivity contribution in [1.82, 2.24) is 31.9 Å². The fourth-order valence-corrected chi connectivity index (χ4v) is 8.59. The molecule has 468 valence electrons. The summed E-state index contributed by atoms with van der Waals surface area (Å²) in [5.74, 6) is -10.8. The van der Waals surface area contributed by atoms with Crippen LogP contribution >= 0.6 is 7.82 Å². The Balaban J connectivity index is 2.42. The first kappa shape index (κ1) is 72.0. The maximum atomic E-state index is 13.9. The lowest BCUT2D eigenvalue weighted by Crippen LogP contribution is -2.70. The fourth-order valence-electron chi connectivity index (χ4n) is 8.14. The Bertz CT molecular complexity index is 2240. The van der Waals surface area contributed by atoms with Gasteiger partial charge in [0.2, 0.25) is 29.5 Å². The number of nitrogens with one attached hydrogen (secondary N) is 6. The number of rotatable bonds is 33. The molecule has 2 rings (SSSR count). The van der Waals surface area contributed by atoms with Crippen LogP contribution in [0.3, 0.4) is 0 Å². The van der Waals surface area contributed by atoms with E-state index >= 15 is 0 Å². The van der Waals surface area contributed by atoms with Crippen LogP contribution in [-0.4, -0.2) is 194 Å². The van der Waals surface area contributed by atoms with Crippen molar-refractivity contribution in [2.75, 3.05) is 32.9 Å². The second kappa shape index (κ2) is 35.1. The normalized spacial score (nSPS) is 23.7. The van der Waals surface area contributed by atoms with E-state index in [2.05, 4.69) is 26.6 Å². The van der Waals surface area contributed by atoms with E-state index in [4.69, 9.17) is 47.2 Å². The van der Waals surface area contributed by atoms with Crippen molar-refractivity contribution in [3.8, 4) is 0 Å². The van der Waals surface area contributed by atoms with Gasteiger partial charge in [-0.3, -0.25) is 52.5 Å². The van der Waals surface area contributed by atoms with Crippen molar-refractivity contribution < 1.29 is 127 Å². The number of hydrogen-bond donors (Lipinski definition) is 8. The summed E-state index contributed by atoms with van der Waals surface area (Å²) in [6.45, 7) is 8.38. The maximum Gasteiger partial charge on any atom is 0.472 e. The van der Waals surface area contributed by atoms with Gasteiger partial charge in [0.15, 0.2) is 24.8 Å². The van der Waals surface area contributed by atoms with Gasteiger partial charge in [-0.2, -0.15) is 13.2 Å². The van der Waals surface area contributed by atoms with Crippen LogP contribution in [0.2, 0.25) is 0 Å². The molecule has 0 radical (unpaired) electrons. The summed E-state index contributed by atoms with van der Waals surface area (Å²) in [7, 11) is -5.57. The molecule has 0 spiro atoms. The fraction of sp³-hybridized carbons (Fsp3) is 0.771. The van der Waals surface area contributed by atoms with Gasteiger partial charge in [0.1, 0.15) is 67.9 Å². The highest BCUT2D eigenvalue weighted by Gasteiger charge is 2.57. The molecule has 1 unspecified atom stereocenters. The second-order valence-corrected chi connectivity index (χ2v) is 20.1. The van der Waals surface area contributed by atoms with Gasteiger partial charge in [-0.1, -0.05) is 26.2 Å². The van der Waals surface area contributed by atoms with Gasteiger partial charge in [0.25, 0.3) is 0 Å². The van der Waals surface area contributed by atoms with Crippen molar-refractivity contribution in [3.63, 3.8) is 0 Å². The average molecular weight is 1210 g/mol. The topological polar surface area (TPSA) is 410 Å². The van der Waals surface area contributed by atoms with Gasteiger partial charge >= 0.3 is 49.8 Å². The molecule has 0 aromatic rings.